The van der Waals surface area contributed by atoms with E-state index >= 15 is 0 Å². The topological polar surface area (TPSA) is 134 Å². The normalized spacial score (nSPS) is 12.4. The van der Waals surface area contributed by atoms with Gasteiger partial charge in [-0.25, -0.2) is 27.8 Å². The molecule has 0 spiro atoms. The van der Waals surface area contributed by atoms with Crippen LogP contribution in [-0.2, 0) is 16.4 Å². The van der Waals surface area contributed by atoms with Crippen molar-refractivity contribution in [1.82, 2.24) is 29.7 Å². The molecule has 0 fully saturated rings. The van der Waals surface area contributed by atoms with Gasteiger partial charge in [0.2, 0.25) is 16.0 Å². The highest BCUT2D eigenvalue weighted by atomic mass is 32.2. The molecular formula is C21H22FN7O4S2. The van der Waals surface area contributed by atoms with Crippen molar-refractivity contribution in [3.63, 3.8) is 0 Å². The minimum Gasteiger partial charge on any atom is -0.494 e. The number of halogens is 1. The Labute approximate surface area is 205 Å². The first-order valence-electron chi connectivity index (χ1n) is 10.3. The van der Waals surface area contributed by atoms with Crippen LogP contribution in [0.4, 0.5) is 10.3 Å². The Morgan fingerprint density at radius 1 is 1.14 bits per heavy atom. The summed E-state index contributed by atoms with van der Waals surface area (Å²) in [4.78, 5) is 12.2. The van der Waals surface area contributed by atoms with Gasteiger partial charge in [0.25, 0.3) is 0 Å². The van der Waals surface area contributed by atoms with Crippen molar-refractivity contribution in [1.29, 1.82) is 0 Å². The second kappa shape index (κ2) is 9.92. The summed E-state index contributed by atoms with van der Waals surface area (Å²) in [6.07, 6.45) is 1.93. The lowest BCUT2D eigenvalue weighted by Crippen LogP contribution is -2.29. The maximum absolute atomic E-state index is 13.2. The number of methoxy groups -OCH3 is 2. The molecule has 0 saturated carbocycles. The molecule has 0 bridgehead atoms. The second-order valence-corrected chi connectivity index (χ2v) is 10.4. The van der Waals surface area contributed by atoms with E-state index < -0.39 is 21.1 Å². The standard InChI is InChI=1S/C21H22FN7O4S2/c1-12-11-34-20(25-12)19-26-27-21(29(19)18-15(32-3)6-5-7-16(18)33-4)28-35(30,31)13(2)8-17-23-9-14(22)10-24-17/h5-7,9-11,13H,8H2,1-4H3,(H,27,28)/t13-/m0/s1. The zero-order valence-electron chi connectivity index (χ0n) is 19.3. The van der Waals surface area contributed by atoms with Gasteiger partial charge in [0, 0.05) is 17.5 Å². The third-order valence-electron chi connectivity index (χ3n) is 5.01. The number of nitrogens with zero attached hydrogens (tertiary/aromatic N) is 6. The number of sulfonamides is 1. The van der Waals surface area contributed by atoms with Crippen molar-refractivity contribution in [2.24, 2.45) is 0 Å². The molecule has 1 aromatic carbocycles. The van der Waals surface area contributed by atoms with E-state index in [-0.39, 0.29) is 18.2 Å². The number of hydrogen-bond acceptors (Lipinski definition) is 10. The predicted molar refractivity (Wildman–Crippen MR) is 128 cm³/mol. The van der Waals surface area contributed by atoms with E-state index in [9.17, 15) is 12.8 Å². The number of nitrogens with one attached hydrogen (secondary N) is 1. The lowest BCUT2D eigenvalue weighted by molar-refractivity contribution is 0.391. The highest BCUT2D eigenvalue weighted by Crippen LogP contribution is 2.38. The minimum atomic E-state index is -4.00. The molecule has 35 heavy (non-hydrogen) atoms. The first-order chi connectivity index (χ1) is 16.7. The Balaban J connectivity index is 1.79. The highest BCUT2D eigenvalue weighted by molar-refractivity contribution is 7.93. The van der Waals surface area contributed by atoms with Gasteiger partial charge in [-0.05, 0) is 26.0 Å². The van der Waals surface area contributed by atoms with E-state index in [1.165, 1.54) is 37.0 Å². The molecule has 1 atom stereocenters. The van der Waals surface area contributed by atoms with Gasteiger partial charge < -0.3 is 9.47 Å². The van der Waals surface area contributed by atoms with Gasteiger partial charge in [-0.3, -0.25) is 9.29 Å². The zero-order valence-corrected chi connectivity index (χ0v) is 20.9. The number of aryl methyl sites for hydroxylation is 1. The van der Waals surface area contributed by atoms with Crippen LogP contribution < -0.4 is 14.2 Å². The molecule has 0 amide bonds. The van der Waals surface area contributed by atoms with Crippen molar-refractivity contribution in [2.45, 2.75) is 25.5 Å². The first kappa shape index (κ1) is 24.5. The Bertz CT molecular complexity index is 1420. The summed E-state index contributed by atoms with van der Waals surface area (Å²) in [6.45, 7) is 3.33. The van der Waals surface area contributed by atoms with Crippen LogP contribution in [-0.4, -0.2) is 57.6 Å². The average molecular weight is 520 g/mol. The van der Waals surface area contributed by atoms with Gasteiger partial charge >= 0.3 is 0 Å². The molecule has 184 valence electrons. The molecule has 3 heterocycles. The number of anilines is 1. The van der Waals surface area contributed by atoms with E-state index in [1.807, 2.05) is 12.3 Å². The van der Waals surface area contributed by atoms with Crippen LogP contribution in [0.2, 0.25) is 0 Å². The third-order valence-corrected chi connectivity index (χ3v) is 7.66. The van der Waals surface area contributed by atoms with Gasteiger partial charge in [0.15, 0.2) is 16.6 Å². The summed E-state index contributed by atoms with van der Waals surface area (Å²) in [5.74, 6) is 0.627. The van der Waals surface area contributed by atoms with Crippen LogP contribution in [0.3, 0.4) is 0 Å². The minimum absolute atomic E-state index is 0.0414. The van der Waals surface area contributed by atoms with Gasteiger partial charge in [-0.1, -0.05) is 6.07 Å². The Kier molecular flexibility index (Phi) is 6.93. The van der Waals surface area contributed by atoms with Crippen molar-refractivity contribution in [3.05, 3.63) is 53.3 Å². The number of benzene rings is 1. The number of para-hydroxylation sites is 1. The van der Waals surface area contributed by atoms with Crippen LogP contribution in [0.1, 0.15) is 18.4 Å². The van der Waals surface area contributed by atoms with Crippen LogP contribution in [0, 0.1) is 12.7 Å². The van der Waals surface area contributed by atoms with E-state index in [0.29, 0.717) is 28.0 Å². The Morgan fingerprint density at radius 3 is 2.37 bits per heavy atom. The quantitative estimate of drug-likeness (QED) is 0.354. The van der Waals surface area contributed by atoms with E-state index in [4.69, 9.17) is 9.47 Å². The molecule has 14 heteroatoms. The van der Waals surface area contributed by atoms with Crippen LogP contribution in [0.5, 0.6) is 11.5 Å². The van der Waals surface area contributed by atoms with E-state index in [0.717, 1.165) is 18.1 Å². The Morgan fingerprint density at radius 2 is 1.80 bits per heavy atom. The van der Waals surface area contributed by atoms with Gasteiger partial charge in [0.05, 0.1) is 31.9 Å². The number of ether oxygens (including phenoxy) is 2. The monoisotopic (exact) mass is 519 g/mol. The molecule has 0 aliphatic rings. The van der Waals surface area contributed by atoms with Crippen LogP contribution >= 0.6 is 11.3 Å². The van der Waals surface area contributed by atoms with Crippen molar-refractivity contribution in [3.8, 4) is 28.0 Å². The molecule has 0 saturated heterocycles. The summed E-state index contributed by atoms with van der Waals surface area (Å²) in [5.41, 5.74) is 1.18. The van der Waals surface area contributed by atoms with Crippen LogP contribution in [0.15, 0.2) is 36.0 Å². The number of hydrogen-bond donors (Lipinski definition) is 1. The fraction of sp³-hybridized carbons (Fsp3) is 0.286. The number of aromatic nitrogens is 6. The van der Waals surface area contributed by atoms with Crippen LogP contribution in [0.25, 0.3) is 16.5 Å². The lowest BCUT2D eigenvalue weighted by atomic mass is 10.2. The summed E-state index contributed by atoms with van der Waals surface area (Å²) < 4.78 is 54.6. The smallest absolute Gasteiger partial charge is 0.243 e. The Hall–Kier alpha value is -3.65. The van der Waals surface area contributed by atoms with Crippen molar-refractivity contribution < 1.29 is 22.3 Å². The van der Waals surface area contributed by atoms with Gasteiger partial charge in [0.1, 0.15) is 23.0 Å². The molecule has 11 nitrogen and oxygen atoms in total. The summed E-state index contributed by atoms with van der Waals surface area (Å²) in [6, 6.07) is 5.16. The molecule has 0 aliphatic heterocycles. The fourth-order valence-corrected chi connectivity index (χ4v) is 4.97. The molecule has 1 N–H and O–H groups in total. The molecule has 4 rings (SSSR count). The summed E-state index contributed by atoms with van der Waals surface area (Å²) in [7, 11) is -1.02. The average Bonchev–Trinajstić information content (AvgIpc) is 3.45. The lowest BCUT2D eigenvalue weighted by Gasteiger charge is -2.18. The molecule has 3 aromatic heterocycles. The maximum atomic E-state index is 13.2. The van der Waals surface area contributed by atoms with E-state index in [1.54, 1.807) is 18.2 Å². The fourth-order valence-electron chi connectivity index (χ4n) is 3.25. The first-order valence-corrected chi connectivity index (χ1v) is 12.7. The van der Waals surface area contributed by atoms with Gasteiger partial charge in [-0.2, -0.15) is 0 Å². The molecule has 0 aliphatic carbocycles. The van der Waals surface area contributed by atoms with Crippen molar-refractivity contribution in [2.75, 3.05) is 18.9 Å². The highest BCUT2D eigenvalue weighted by Gasteiger charge is 2.29. The third kappa shape index (κ3) is 5.07. The van der Waals surface area contributed by atoms with Gasteiger partial charge in [-0.15, -0.1) is 21.5 Å². The second-order valence-electron chi connectivity index (χ2n) is 7.47. The maximum Gasteiger partial charge on any atom is 0.243 e. The molecular weight excluding hydrogens is 497 g/mol. The largest absolute Gasteiger partial charge is 0.494 e. The molecule has 0 radical (unpaired) electrons. The predicted octanol–water partition coefficient (Wildman–Crippen LogP) is 3.02. The summed E-state index contributed by atoms with van der Waals surface area (Å²) in [5, 5.41) is 9.74. The van der Waals surface area contributed by atoms with Crippen molar-refractivity contribution >= 4 is 27.3 Å². The van der Waals surface area contributed by atoms with E-state index in [2.05, 4.69) is 29.9 Å². The summed E-state index contributed by atoms with van der Waals surface area (Å²) >= 11 is 1.34. The number of thiazole rings is 1. The SMILES string of the molecule is COc1cccc(OC)c1-n1c(NS(=O)(=O)[C@@H](C)Cc2ncc(F)cn2)nnc1-c1nc(C)cs1. The molecule has 4 aromatic rings. The molecule has 0 unspecified atom stereocenters. The zero-order chi connectivity index (χ0) is 25.2. The number of rotatable bonds is 9.